The summed E-state index contributed by atoms with van der Waals surface area (Å²) in [5.41, 5.74) is 0. The van der Waals surface area contributed by atoms with Crippen LogP contribution < -0.4 is 0 Å². The summed E-state index contributed by atoms with van der Waals surface area (Å²) in [6, 6.07) is 0. The van der Waals surface area contributed by atoms with Crippen molar-refractivity contribution in [3.63, 3.8) is 0 Å². The quantitative estimate of drug-likeness (QED) is 0.506. The predicted molar refractivity (Wildman–Crippen MR) is 37.2 cm³/mol. The molecule has 5 heteroatoms. The molecule has 0 aliphatic carbocycles. The Kier molecular flexibility index (Phi) is 4.60. The summed E-state index contributed by atoms with van der Waals surface area (Å²) in [7, 11) is 0. The number of carbonyl (C=O) groups is 2. The summed E-state index contributed by atoms with van der Waals surface area (Å²) in [5.74, 6) is -1.60. The van der Waals surface area contributed by atoms with E-state index in [0.29, 0.717) is 0 Å². The minimum atomic E-state index is -1.31. The Hall–Kier alpha value is -0.120. The van der Waals surface area contributed by atoms with Gasteiger partial charge in [-0.15, -0.1) is 0 Å². The predicted octanol–water partition coefficient (Wildman–Crippen LogP) is 0.311. The number of aliphatic hydroxyl groups is 1. The maximum absolute atomic E-state index is 10.5. The third-order valence-corrected chi connectivity index (χ3v) is 1.21. The van der Waals surface area contributed by atoms with E-state index in [1.165, 1.54) is 0 Å². The van der Waals surface area contributed by atoms with E-state index in [4.69, 9.17) is 28.3 Å². The molecule has 0 bridgehead atoms. The van der Waals surface area contributed by atoms with Crippen molar-refractivity contribution in [3.8, 4) is 0 Å². The third-order valence-electron chi connectivity index (χ3n) is 0.812. The molecule has 0 saturated heterocycles. The SMILES string of the molecule is O=C(CCO)C(=O)C(Cl)Cl. The maximum atomic E-state index is 10.5. The van der Waals surface area contributed by atoms with Gasteiger partial charge in [0, 0.05) is 6.42 Å². The molecule has 0 aromatic carbocycles. The van der Waals surface area contributed by atoms with Crippen LogP contribution in [0.15, 0.2) is 0 Å². The first-order valence-corrected chi connectivity index (χ1v) is 3.43. The molecule has 0 aromatic heterocycles. The number of hydrogen-bond donors (Lipinski definition) is 1. The lowest BCUT2D eigenvalue weighted by molar-refractivity contribution is -0.136. The van der Waals surface area contributed by atoms with Crippen LogP contribution in [-0.2, 0) is 9.59 Å². The van der Waals surface area contributed by atoms with Crippen LogP contribution in [0.2, 0.25) is 0 Å². The smallest absolute Gasteiger partial charge is 0.231 e. The molecule has 0 heterocycles. The van der Waals surface area contributed by atoms with Gasteiger partial charge in [0.05, 0.1) is 6.61 Å². The van der Waals surface area contributed by atoms with Gasteiger partial charge in [0.15, 0.2) is 4.84 Å². The number of aliphatic hydroxyl groups excluding tert-OH is 1. The summed E-state index contributed by atoms with van der Waals surface area (Å²) < 4.78 is 0. The summed E-state index contributed by atoms with van der Waals surface area (Å²) in [4.78, 5) is 19.7. The average Bonchev–Trinajstić information content (AvgIpc) is 1.87. The molecule has 1 N–H and O–H groups in total. The Labute approximate surface area is 67.9 Å². The minimum Gasteiger partial charge on any atom is -0.396 e. The Bertz CT molecular complexity index is 144. The average molecular weight is 185 g/mol. The van der Waals surface area contributed by atoms with Crippen LogP contribution in [0.1, 0.15) is 6.42 Å². The highest BCUT2D eigenvalue weighted by Gasteiger charge is 2.19. The molecule has 0 saturated carbocycles. The molecule has 0 aromatic rings. The van der Waals surface area contributed by atoms with E-state index in [1.54, 1.807) is 0 Å². The lowest BCUT2D eigenvalue weighted by Gasteiger charge is -1.95. The Morgan fingerprint density at radius 2 is 1.90 bits per heavy atom. The second-order valence-electron chi connectivity index (χ2n) is 1.56. The molecular formula is C5H6Cl2O3. The number of Topliss-reactive ketones (excluding diaryl/α,β-unsaturated/α-hetero) is 2. The summed E-state index contributed by atoms with van der Waals surface area (Å²) in [6.07, 6.45) is -0.214. The molecule has 0 rings (SSSR count). The number of rotatable bonds is 4. The molecule has 0 unspecified atom stereocenters. The van der Waals surface area contributed by atoms with E-state index in [-0.39, 0.29) is 13.0 Å². The number of halogens is 2. The van der Waals surface area contributed by atoms with Crippen molar-refractivity contribution in [2.24, 2.45) is 0 Å². The zero-order valence-corrected chi connectivity index (χ0v) is 6.52. The first kappa shape index (κ1) is 9.88. The van der Waals surface area contributed by atoms with Crippen LogP contribution in [0.25, 0.3) is 0 Å². The zero-order valence-electron chi connectivity index (χ0n) is 5.01. The minimum absolute atomic E-state index is 0.214. The Balaban J connectivity index is 3.83. The van der Waals surface area contributed by atoms with Crippen LogP contribution in [0.3, 0.4) is 0 Å². The normalized spacial score (nSPS) is 10.0. The van der Waals surface area contributed by atoms with E-state index >= 15 is 0 Å². The van der Waals surface area contributed by atoms with Crippen molar-refractivity contribution in [1.29, 1.82) is 0 Å². The fourth-order valence-electron chi connectivity index (χ4n) is 0.346. The molecular weight excluding hydrogens is 179 g/mol. The van der Waals surface area contributed by atoms with Crippen LogP contribution in [-0.4, -0.2) is 28.1 Å². The molecule has 0 amide bonds. The number of ketones is 2. The second kappa shape index (κ2) is 4.66. The Morgan fingerprint density at radius 1 is 1.40 bits per heavy atom. The van der Waals surface area contributed by atoms with Gasteiger partial charge in [0.1, 0.15) is 0 Å². The van der Waals surface area contributed by atoms with Gasteiger partial charge in [-0.2, -0.15) is 0 Å². The molecule has 10 heavy (non-hydrogen) atoms. The van der Waals surface area contributed by atoms with Gasteiger partial charge < -0.3 is 5.11 Å². The topological polar surface area (TPSA) is 54.4 Å². The highest BCUT2D eigenvalue weighted by molar-refractivity contribution is 6.63. The van der Waals surface area contributed by atoms with Gasteiger partial charge in [-0.1, -0.05) is 23.2 Å². The van der Waals surface area contributed by atoms with Crippen molar-refractivity contribution in [1.82, 2.24) is 0 Å². The van der Waals surface area contributed by atoms with Crippen molar-refractivity contribution >= 4 is 34.8 Å². The molecule has 0 atom stereocenters. The molecule has 0 aliphatic rings. The largest absolute Gasteiger partial charge is 0.396 e. The first-order valence-electron chi connectivity index (χ1n) is 2.55. The van der Waals surface area contributed by atoms with Gasteiger partial charge in [0.2, 0.25) is 11.6 Å². The second-order valence-corrected chi connectivity index (χ2v) is 2.66. The van der Waals surface area contributed by atoms with Crippen molar-refractivity contribution in [2.75, 3.05) is 6.61 Å². The summed E-state index contributed by atoms with van der Waals surface area (Å²) in [6.45, 7) is -0.356. The van der Waals surface area contributed by atoms with Crippen LogP contribution in [0.4, 0.5) is 0 Å². The fourth-order valence-corrected chi connectivity index (χ4v) is 0.590. The Morgan fingerprint density at radius 3 is 2.20 bits per heavy atom. The lowest BCUT2D eigenvalue weighted by atomic mass is 10.2. The van der Waals surface area contributed by atoms with Gasteiger partial charge in [-0.3, -0.25) is 9.59 Å². The van der Waals surface area contributed by atoms with E-state index in [9.17, 15) is 9.59 Å². The van der Waals surface area contributed by atoms with Gasteiger partial charge in [-0.05, 0) is 0 Å². The van der Waals surface area contributed by atoms with E-state index in [2.05, 4.69) is 0 Å². The first-order chi connectivity index (χ1) is 4.59. The third kappa shape index (κ3) is 3.15. The van der Waals surface area contributed by atoms with Crippen LogP contribution >= 0.6 is 23.2 Å². The van der Waals surface area contributed by atoms with E-state index in [0.717, 1.165) is 0 Å². The summed E-state index contributed by atoms with van der Waals surface area (Å²) >= 11 is 10.1. The van der Waals surface area contributed by atoms with Gasteiger partial charge >= 0.3 is 0 Å². The molecule has 3 nitrogen and oxygen atoms in total. The molecule has 0 fully saturated rings. The molecule has 0 aliphatic heterocycles. The number of hydrogen-bond acceptors (Lipinski definition) is 3. The highest BCUT2D eigenvalue weighted by Crippen LogP contribution is 2.04. The molecule has 0 radical (unpaired) electrons. The number of alkyl halides is 2. The van der Waals surface area contributed by atoms with Gasteiger partial charge in [0.25, 0.3) is 0 Å². The van der Waals surface area contributed by atoms with E-state index < -0.39 is 16.4 Å². The monoisotopic (exact) mass is 184 g/mol. The lowest BCUT2D eigenvalue weighted by Crippen LogP contribution is -2.20. The molecule has 0 spiro atoms. The van der Waals surface area contributed by atoms with E-state index in [1.807, 2.05) is 0 Å². The molecule has 58 valence electrons. The highest BCUT2D eigenvalue weighted by atomic mass is 35.5. The fraction of sp³-hybridized carbons (Fsp3) is 0.600. The number of carbonyl (C=O) groups excluding carboxylic acids is 2. The van der Waals surface area contributed by atoms with Crippen LogP contribution in [0.5, 0.6) is 0 Å². The maximum Gasteiger partial charge on any atom is 0.231 e. The van der Waals surface area contributed by atoms with Crippen LogP contribution in [0, 0.1) is 0 Å². The van der Waals surface area contributed by atoms with Gasteiger partial charge in [-0.25, -0.2) is 0 Å². The standard InChI is InChI=1S/C5H6Cl2O3/c6-5(7)4(10)3(9)1-2-8/h5,8H,1-2H2. The summed E-state index contributed by atoms with van der Waals surface area (Å²) in [5, 5.41) is 8.21. The van der Waals surface area contributed by atoms with Crippen molar-refractivity contribution in [2.45, 2.75) is 11.3 Å². The van der Waals surface area contributed by atoms with Crippen molar-refractivity contribution in [3.05, 3.63) is 0 Å². The zero-order chi connectivity index (χ0) is 8.15. The van der Waals surface area contributed by atoms with Crippen molar-refractivity contribution < 1.29 is 14.7 Å².